The van der Waals surface area contributed by atoms with E-state index in [4.69, 9.17) is 0 Å². The van der Waals surface area contributed by atoms with E-state index in [9.17, 15) is 4.79 Å². The molecule has 0 atom stereocenters. The van der Waals surface area contributed by atoms with Crippen LogP contribution in [0.1, 0.15) is 17.3 Å². The maximum Gasteiger partial charge on any atom is 0.277 e. The lowest BCUT2D eigenvalue weighted by Crippen LogP contribution is -1.97. The third-order valence-corrected chi connectivity index (χ3v) is 2.26. The molecule has 0 aliphatic rings. The van der Waals surface area contributed by atoms with Gasteiger partial charge in [0.15, 0.2) is 0 Å². The van der Waals surface area contributed by atoms with Gasteiger partial charge in [0.1, 0.15) is 0 Å². The molecule has 0 unspecified atom stereocenters. The minimum absolute atomic E-state index is 0.174. The molecule has 0 bridgehead atoms. The number of aliphatic imine (C=N–C) groups is 1. The second-order valence-corrected chi connectivity index (χ2v) is 3.51. The number of amides is 1. The Bertz CT molecular complexity index is 319. The zero-order chi connectivity index (χ0) is 9.68. The Labute approximate surface area is 82.1 Å². The van der Waals surface area contributed by atoms with Crippen molar-refractivity contribution in [3.8, 4) is 0 Å². The average molecular weight is 193 g/mol. The van der Waals surface area contributed by atoms with E-state index in [1.54, 1.807) is 12.1 Å². The Hall–Kier alpha value is -1.09. The zero-order valence-electron chi connectivity index (χ0n) is 7.65. The van der Waals surface area contributed by atoms with Gasteiger partial charge in [0.2, 0.25) is 0 Å². The van der Waals surface area contributed by atoms with E-state index in [-0.39, 0.29) is 5.91 Å². The molecule has 2 nitrogen and oxygen atoms in total. The molecule has 1 rings (SSSR count). The Morgan fingerprint density at radius 1 is 1.31 bits per heavy atom. The number of hydrogen-bond donors (Lipinski definition) is 0. The molecule has 0 N–H and O–H groups in total. The van der Waals surface area contributed by atoms with Crippen LogP contribution in [0.3, 0.4) is 0 Å². The second-order valence-electron chi connectivity index (χ2n) is 2.51. The minimum Gasteiger partial charge on any atom is -0.267 e. The fourth-order valence-corrected chi connectivity index (χ4v) is 1.01. The largest absolute Gasteiger partial charge is 0.277 e. The summed E-state index contributed by atoms with van der Waals surface area (Å²) in [5, 5.41) is 0.786. The first kappa shape index (κ1) is 9.99. The first-order valence-corrected chi connectivity index (χ1v) is 5.15. The molecule has 0 spiro atoms. The summed E-state index contributed by atoms with van der Waals surface area (Å²) in [6, 6.07) is 9.06. The molecule has 1 aromatic rings. The number of hydrogen-bond acceptors (Lipinski definition) is 2. The normalized spacial score (nSPS) is 11.4. The van der Waals surface area contributed by atoms with Crippen molar-refractivity contribution in [3.05, 3.63) is 35.9 Å². The summed E-state index contributed by atoms with van der Waals surface area (Å²) in [5.74, 6) is -0.174. The van der Waals surface area contributed by atoms with Crippen molar-refractivity contribution in [3.63, 3.8) is 0 Å². The van der Waals surface area contributed by atoms with E-state index < -0.39 is 0 Å². The summed E-state index contributed by atoms with van der Waals surface area (Å²) in [7, 11) is 0. The Balaban J connectivity index is 2.81. The SMILES string of the molecule is CSC(C)=NC(=O)c1ccccc1. The topological polar surface area (TPSA) is 29.4 Å². The van der Waals surface area contributed by atoms with Gasteiger partial charge in [-0.3, -0.25) is 4.79 Å². The summed E-state index contributed by atoms with van der Waals surface area (Å²) < 4.78 is 0. The molecule has 0 fully saturated rings. The third-order valence-electron chi connectivity index (χ3n) is 1.58. The molecule has 0 aliphatic heterocycles. The van der Waals surface area contributed by atoms with Crippen LogP contribution < -0.4 is 0 Å². The van der Waals surface area contributed by atoms with Crippen LogP contribution in [0.4, 0.5) is 0 Å². The molecule has 68 valence electrons. The number of carbonyl (C=O) groups excluding carboxylic acids is 1. The molecule has 0 saturated carbocycles. The highest BCUT2D eigenvalue weighted by molar-refractivity contribution is 8.13. The van der Waals surface area contributed by atoms with E-state index in [0.29, 0.717) is 5.56 Å². The van der Waals surface area contributed by atoms with Gasteiger partial charge in [0.25, 0.3) is 5.91 Å². The van der Waals surface area contributed by atoms with Crippen molar-refractivity contribution in [2.24, 2.45) is 4.99 Å². The van der Waals surface area contributed by atoms with Crippen molar-refractivity contribution < 1.29 is 4.79 Å². The van der Waals surface area contributed by atoms with Crippen LogP contribution in [-0.2, 0) is 0 Å². The quantitative estimate of drug-likeness (QED) is 0.507. The van der Waals surface area contributed by atoms with Gasteiger partial charge in [0.05, 0.1) is 5.04 Å². The van der Waals surface area contributed by atoms with Crippen LogP contribution in [0.25, 0.3) is 0 Å². The van der Waals surface area contributed by atoms with E-state index in [1.807, 2.05) is 31.4 Å². The fraction of sp³-hybridized carbons (Fsp3) is 0.200. The van der Waals surface area contributed by atoms with E-state index in [2.05, 4.69) is 4.99 Å². The van der Waals surface area contributed by atoms with Crippen LogP contribution in [0.2, 0.25) is 0 Å². The number of carbonyl (C=O) groups is 1. The van der Waals surface area contributed by atoms with Gasteiger partial charge < -0.3 is 0 Å². The van der Waals surface area contributed by atoms with Crippen molar-refractivity contribution >= 4 is 22.7 Å². The summed E-state index contributed by atoms with van der Waals surface area (Å²) in [6.45, 7) is 1.82. The fourth-order valence-electron chi connectivity index (χ4n) is 0.834. The van der Waals surface area contributed by atoms with Gasteiger partial charge in [-0.15, -0.1) is 11.8 Å². The lowest BCUT2D eigenvalue weighted by atomic mass is 10.2. The van der Waals surface area contributed by atoms with Gasteiger partial charge in [-0.25, -0.2) is 4.99 Å². The van der Waals surface area contributed by atoms with Crippen LogP contribution in [0, 0.1) is 0 Å². The first-order valence-electron chi connectivity index (χ1n) is 3.92. The highest BCUT2D eigenvalue weighted by atomic mass is 32.2. The summed E-state index contributed by atoms with van der Waals surface area (Å²) in [4.78, 5) is 15.3. The van der Waals surface area contributed by atoms with Gasteiger partial charge in [-0.2, -0.15) is 0 Å². The van der Waals surface area contributed by atoms with Crippen molar-refractivity contribution in [1.82, 2.24) is 0 Å². The summed E-state index contributed by atoms with van der Waals surface area (Å²) in [6.07, 6.45) is 1.90. The van der Waals surface area contributed by atoms with Crippen molar-refractivity contribution in [1.29, 1.82) is 0 Å². The average Bonchev–Trinajstić information content (AvgIpc) is 2.19. The Morgan fingerprint density at radius 2 is 1.92 bits per heavy atom. The molecule has 0 radical (unpaired) electrons. The number of benzene rings is 1. The highest BCUT2D eigenvalue weighted by Gasteiger charge is 2.01. The third kappa shape index (κ3) is 3.03. The number of thioether (sulfide) groups is 1. The van der Waals surface area contributed by atoms with Crippen LogP contribution in [-0.4, -0.2) is 17.2 Å². The molecule has 0 heterocycles. The molecule has 3 heteroatoms. The maximum atomic E-state index is 11.4. The zero-order valence-corrected chi connectivity index (χ0v) is 8.47. The smallest absolute Gasteiger partial charge is 0.267 e. The summed E-state index contributed by atoms with van der Waals surface area (Å²) >= 11 is 1.48. The van der Waals surface area contributed by atoms with Gasteiger partial charge in [-0.1, -0.05) is 18.2 Å². The molecule has 0 aliphatic carbocycles. The lowest BCUT2D eigenvalue weighted by Gasteiger charge is -1.95. The minimum atomic E-state index is -0.174. The van der Waals surface area contributed by atoms with E-state index in [1.165, 1.54) is 11.8 Å². The van der Waals surface area contributed by atoms with Crippen LogP contribution >= 0.6 is 11.8 Å². The van der Waals surface area contributed by atoms with E-state index in [0.717, 1.165) is 5.04 Å². The molecule has 0 aromatic heterocycles. The molecular weight excluding hydrogens is 182 g/mol. The lowest BCUT2D eigenvalue weighted by molar-refractivity contribution is 0.100. The van der Waals surface area contributed by atoms with Crippen molar-refractivity contribution in [2.75, 3.05) is 6.26 Å². The molecule has 0 saturated heterocycles. The van der Waals surface area contributed by atoms with Crippen LogP contribution in [0.5, 0.6) is 0 Å². The standard InChI is InChI=1S/C10H11NOS/c1-8(13-2)11-10(12)9-6-4-3-5-7-9/h3-7H,1-2H3. The summed E-state index contributed by atoms with van der Waals surface area (Å²) in [5.41, 5.74) is 0.635. The van der Waals surface area contributed by atoms with Gasteiger partial charge >= 0.3 is 0 Å². The Kier molecular flexibility index (Phi) is 3.71. The van der Waals surface area contributed by atoms with Crippen LogP contribution in [0.15, 0.2) is 35.3 Å². The number of rotatable bonds is 1. The van der Waals surface area contributed by atoms with Gasteiger partial charge in [0, 0.05) is 5.56 Å². The van der Waals surface area contributed by atoms with Crippen molar-refractivity contribution in [2.45, 2.75) is 6.92 Å². The number of nitrogens with zero attached hydrogens (tertiary/aromatic N) is 1. The first-order chi connectivity index (χ1) is 6.24. The molecule has 1 aromatic carbocycles. The predicted octanol–water partition coefficient (Wildman–Crippen LogP) is 2.61. The second kappa shape index (κ2) is 4.82. The highest BCUT2D eigenvalue weighted by Crippen LogP contribution is 2.04. The maximum absolute atomic E-state index is 11.4. The predicted molar refractivity (Wildman–Crippen MR) is 57.4 cm³/mol. The monoisotopic (exact) mass is 193 g/mol. The molecule has 13 heavy (non-hydrogen) atoms. The molecule has 1 amide bonds. The van der Waals surface area contributed by atoms with Gasteiger partial charge in [-0.05, 0) is 25.3 Å². The van der Waals surface area contributed by atoms with E-state index >= 15 is 0 Å². The Morgan fingerprint density at radius 3 is 2.46 bits per heavy atom. The molecular formula is C10H11NOS.